The van der Waals surface area contributed by atoms with Gasteiger partial charge in [-0.05, 0) is 45.6 Å². The number of anilines is 1. The molecule has 15 heteroatoms. The first-order valence-corrected chi connectivity index (χ1v) is 16.0. The maximum atomic E-state index is 13.0. The maximum absolute atomic E-state index is 13.0. The second-order valence-corrected chi connectivity index (χ2v) is 12.9. The summed E-state index contributed by atoms with van der Waals surface area (Å²) in [6.45, 7) is 9.29. The number of imidazole rings is 1. The van der Waals surface area contributed by atoms with Crippen molar-refractivity contribution in [1.82, 2.24) is 19.5 Å². The molecule has 0 saturated carbocycles. The second-order valence-electron chi connectivity index (χ2n) is 10.8. The molecular weight excluding hydrogens is 555 g/mol. The standard InChI is InChI=1S/C26H47N6O8P/c1-5-25(4,40-41(36,37)26(35,6-2)7-3)14-18-21(33)22(34)19(39-18)15-32-17-31-20-23(29-16-30-24(20)32)28-11-9-13-38-12-8-10-27/h16-19,21-22,33-35H,5-15,27H2,1-4H3,(H,36,37)(H,28,29,30)/t18?,19-,21?,22-,25?/m0/s1. The summed E-state index contributed by atoms with van der Waals surface area (Å²) in [7, 11) is -4.44. The number of nitrogens with two attached hydrogens (primary N) is 1. The Morgan fingerprint density at radius 1 is 1.10 bits per heavy atom. The van der Waals surface area contributed by atoms with Crippen molar-refractivity contribution < 1.29 is 38.8 Å². The molecule has 3 heterocycles. The molecule has 1 aliphatic heterocycles. The maximum Gasteiger partial charge on any atom is 0.359 e. The summed E-state index contributed by atoms with van der Waals surface area (Å²) in [5, 5.41) is 33.7. The first-order valence-electron chi connectivity index (χ1n) is 14.4. The van der Waals surface area contributed by atoms with E-state index in [4.69, 9.17) is 19.7 Å². The van der Waals surface area contributed by atoms with Crippen LogP contribution in [-0.2, 0) is 25.1 Å². The lowest BCUT2D eigenvalue weighted by atomic mass is 9.92. The van der Waals surface area contributed by atoms with Crippen molar-refractivity contribution in [2.75, 3.05) is 31.6 Å². The third kappa shape index (κ3) is 8.01. The van der Waals surface area contributed by atoms with E-state index in [0.29, 0.717) is 49.7 Å². The van der Waals surface area contributed by atoms with E-state index < -0.39 is 43.0 Å². The van der Waals surface area contributed by atoms with E-state index in [0.717, 1.165) is 12.8 Å². The van der Waals surface area contributed by atoms with Crippen molar-refractivity contribution in [3.63, 3.8) is 0 Å². The highest BCUT2D eigenvalue weighted by molar-refractivity contribution is 7.54. The minimum Gasteiger partial charge on any atom is -0.388 e. The number of hydrogen-bond donors (Lipinski definition) is 6. The van der Waals surface area contributed by atoms with E-state index in [2.05, 4.69) is 20.3 Å². The predicted molar refractivity (Wildman–Crippen MR) is 153 cm³/mol. The van der Waals surface area contributed by atoms with Crippen molar-refractivity contribution in [2.45, 2.75) is 108 Å². The van der Waals surface area contributed by atoms with Crippen LogP contribution in [0.2, 0.25) is 0 Å². The molecular formula is C26H47N6O8P. The van der Waals surface area contributed by atoms with Gasteiger partial charge in [0, 0.05) is 26.2 Å². The van der Waals surface area contributed by atoms with Gasteiger partial charge in [-0.25, -0.2) is 15.0 Å². The molecule has 7 N–H and O–H groups in total. The molecule has 3 rings (SSSR count). The molecule has 0 spiro atoms. The van der Waals surface area contributed by atoms with Crippen molar-refractivity contribution in [1.29, 1.82) is 0 Å². The predicted octanol–water partition coefficient (Wildman–Crippen LogP) is 1.75. The Balaban J connectivity index is 1.65. The fourth-order valence-corrected chi connectivity index (χ4v) is 6.63. The van der Waals surface area contributed by atoms with E-state index in [1.54, 1.807) is 38.6 Å². The van der Waals surface area contributed by atoms with E-state index in [-0.39, 0.29) is 25.8 Å². The van der Waals surface area contributed by atoms with Crippen LogP contribution >= 0.6 is 7.60 Å². The van der Waals surface area contributed by atoms with E-state index in [9.17, 15) is 24.8 Å². The third-order valence-corrected chi connectivity index (χ3v) is 10.2. The lowest BCUT2D eigenvalue weighted by molar-refractivity contribution is -0.0557. The van der Waals surface area contributed by atoms with E-state index >= 15 is 0 Å². The number of aliphatic hydroxyl groups is 3. The molecule has 0 aliphatic carbocycles. The average Bonchev–Trinajstić information content (AvgIpc) is 3.48. The molecule has 14 nitrogen and oxygen atoms in total. The van der Waals surface area contributed by atoms with Gasteiger partial charge in [0.1, 0.15) is 30.2 Å². The molecule has 0 bridgehead atoms. The zero-order chi connectivity index (χ0) is 30.3. The van der Waals surface area contributed by atoms with Crippen LogP contribution in [0.3, 0.4) is 0 Å². The highest BCUT2D eigenvalue weighted by Gasteiger charge is 2.51. The Bertz CT molecular complexity index is 1150. The Morgan fingerprint density at radius 3 is 2.44 bits per heavy atom. The number of fused-ring (bicyclic) bond motifs is 1. The van der Waals surface area contributed by atoms with Crippen molar-refractivity contribution in [2.24, 2.45) is 5.73 Å². The molecule has 234 valence electrons. The topological polar surface area (TPSA) is 207 Å². The molecule has 4 unspecified atom stereocenters. The number of aromatic nitrogens is 4. The van der Waals surface area contributed by atoms with Gasteiger partial charge < -0.3 is 49.8 Å². The van der Waals surface area contributed by atoms with Gasteiger partial charge >= 0.3 is 7.60 Å². The van der Waals surface area contributed by atoms with Gasteiger partial charge in [-0.1, -0.05) is 20.8 Å². The van der Waals surface area contributed by atoms with Gasteiger partial charge in [0.2, 0.25) is 0 Å². The molecule has 2 aromatic heterocycles. The molecule has 0 aromatic carbocycles. The number of ether oxygens (including phenoxy) is 2. The van der Waals surface area contributed by atoms with Gasteiger partial charge in [0.15, 0.2) is 16.8 Å². The Hall–Kier alpha value is -1.74. The summed E-state index contributed by atoms with van der Waals surface area (Å²) in [6, 6.07) is 0. The van der Waals surface area contributed by atoms with Crippen LogP contribution in [0.4, 0.5) is 5.82 Å². The van der Waals surface area contributed by atoms with Crippen LogP contribution in [0.25, 0.3) is 11.2 Å². The highest BCUT2D eigenvalue weighted by Crippen LogP contribution is 2.60. The van der Waals surface area contributed by atoms with Gasteiger partial charge in [-0.3, -0.25) is 4.57 Å². The van der Waals surface area contributed by atoms with Crippen LogP contribution in [0.5, 0.6) is 0 Å². The number of rotatable bonds is 18. The zero-order valence-electron chi connectivity index (χ0n) is 24.5. The lowest BCUT2D eigenvalue weighted by Gasteiger charge is -2.38. The van der Waals surface area contributed by atoms with E-state index in [1.165, 1.54) is 6.33 Å². The fraction of sp³-hybridized carbons (Fsp3) is 0.808. The van der Waals surface area contributed by atoms with Crippen LogP contribution in [0.15, 0.2) is 12.7 Å². The van der Waals surface area contributed by atoms with Gasteiger partial charge in [0.05, 0.1) is 24.6 Å². The van der Waals surface area contributed by atoms with Crippen LogP contribution < -0.4 is 11.1 Å². The minimum absolute atomic E-state index is 0.0309. The summed E-state index contributed by atoms with van der Waals surface area (Å²) in [6.07, 6.45) is 0.902. The summed E-state index contributed by atoms with van der Waals surface area (Å²) in [5.41, 5.74) is 5.36. The normalized spacial score (nSPS) is 24.4. The van der Waals surface area contributed by atoms with Crippen molar-refractivity contribution >= 4 is 24.6 Å². The van der Waals surface area contributed by atoms with Crippen LogP contribution in [0, 0.1) is 0 Å². The summed E-state index contributed by atoms with van der Waals surface area (Å²) in [4.78, 5) is 23.7. The molecule has 1 saturated heterocycles. The quantitative estimate of drug-likeness (QED) is 0.106. The van der Waals surface area contributed by atoms with Gasteiger partial charge in [0.25, 0.3) is 0 Å². The van der Waals surface area contributed by atoms with Crippen molar-refractivity contribution in [3.05, 3.63) is 12.7 Å². The Morgan fingerprint density at radius 2 is 1.78 bits per heavy atom. The highest BCUT2D eigenvalue weighted by atomic mass is 31.2. The van der Waals surface area contributed by atoms with Crippen molar-refractivity contribution in [3.8, 4) is 0 Å². The average molecular weight is 603 g/mol. The number of aliphatic hydroxyl groups excluding tert-OH is 2. The van der Waals surface area contributed by atoms with Gasteiger partial charge in [-0.2, -0.15) is 0 Å². The largest absolute Gasteiger partial charge is 0.388 e. The molecule has 1 aliphatic rings. The monoisotopic (exact) mass is 602 g/mol. The Kier molecular flexibility index (Phi) is 12.0. The number of nitrogens with zero attached hydrogens (tertiary/aromatic N) is 4. The number of nitrogens with one attached hydrogen (secondary N) is 1. The molecule has 0 amide bonds. The van der Waals surface area contributed by atoms with Gasteiger partial charge in [-0.15, -0.1) is 0 Å². The molecule has 0 radical (unpaired) electrons. The first-order chi connectivity index (χ1) is 19.4. The lowest BCUT2D eigenvalue weighted by Crippen LogP contribution is -2.40. The second kappa shape index (κ2) is 14.6. The number of hydrogen-bond acceptors (Lipinski definition) is 12. The first kappa shape index (κ1) is 33.8. The molecule has 2 aromatic rings. The SMILES string of the molecule is CCC(C)(CC1O[C@@H](Cn2cnc3c(NCCCOCCCN)ncnc32)[C@H](O)C1O)OP(=O)(O)C(O)(CC)CC. The summed E-state index contributed by atoms with van der Waals surface area (Å²) in [5.74, 6) is 0.574. The smallest absolute Gasteiger partial charge is 0.359 e. The summed E-state index contributed by atoms with van der Waals surface area (Å²) >= 11 is 0. The Labute approximate surface area is 241 Å². The summed E-state index contributed by atoms with van der Waals surface area (Å²) < 4.78 is 32.0. The third-order valence-electron chi connectivity index (χ3n) is 7.87. The van der Waals surface area contributed by atoms with Crippen LogP contribution in [0.1, 0.15) is 66.2 Å². The molecule has 41 heavy (non-hydrogen) atoms. The van der Waals surface area contributed by atoms with E-state index in [1.807, 2.05) is 0 Å². The molecule has 6 atom stereocenters. The minimum atomic E-state index is -4.44. The molecule has 1 fully saturated rings. The van der Waals surface area contributed by atoms with Crippen LogP contribution in [-0.4, -0.2) is 101 Å². The fourth-order valence-electron chi connectivity index (χ4n) is 4.86. The zero-order valence-corrected chi connectivity index (χ0v) is 25.4.